The number of halogens is 3. The van der Waals surface area contributed by atoms with Crippen molar-refractivity contribution in [1.29, 1.82) is 0 Å². The van der Waals surface area contributed by atoms with Crippen molar-refractivity contribution >= 4 is 40.6 Å². The van der Waals surface area contributed by atoms with Crippen molar-refractivity contribution in [3.05, 3.63) is 64.8 Å². The van der Waals surface area contributed by atoms with Gasteiger partial charge in [-0.25, -0.2) is 13.8 Å². The lowest BCUT2D eigenvalue weighted by Gasteiger charge is -2.26. The Morgan fingerprint density at radius 2 is 2.09 bits per heavy atom. The summed E-state index contributed by atoms with van der Waals surface area (Å²) in [6.07, 6.45) is 2.54. The number of ether oxygens (including phenoxy) is 1. The fourth-order valence-corrected chi connectivity index (χ4v) is 3.59. The van der Waals surface area contributed by atoms with Crippen LogP contribution in [0, 0.1) is 11.6 Å². The molecule has 33 heavy (non-hydrogen) atoms. The van der Waals surface area contributed by atoms with Gasteiger partial charge in [-0.2, -0.15) is 4.98 Å². The zero-order valence-electron chi connectivity index (χ0n) is 17.5. The number of hydrogen-bond donors (Lipinski definition) is 3. The van der Waals surface area contributed by atoms with E-state index in [4.69, 9.17) is 16.3 Å². The smallest absolute Gasteiger partial charge is 0.261 e. The van der Waals surface area contributed by atoms with E-state index in [1.165, 1.54) is 36.5 Å². The minimum atomic E-state index is -0.811. The average Bonchev–Trinajstić information content (AvgIpc) is 3.33. The highest BCUT2D eigenvalue weighted by Gasteiger charge is 2.27. The summed E-state index contributed by atoms with van der Waals surface area (Å²) >= 11 is 6.03. The Balaban J connectivity index is 1.67. The quantitative estimate of drug-likeness (QED) is 0.445. The van der Waals surface area contributed by atoms with Gasteiger partial charge >= 0.3 is 0 Å². The molecule has 3 aromatic rings. The van der Waals surface area contributed by atoms with Crippen LogP contribution in [0.4, 0.5) is 31.9 Å². The first-order valence-electron chi connectivity index (χ1n) is 10.1. The second-order valence-electron chi connectivity index (χ2n) is 7.35. The molecule has 1 aliphatic heterocycles. The number of phenols is 1. The van der Waals surface area contributed by atoms with E-state index in [1.54, 1.807) is 11.9 Å². The molecular formula is C22H20ClF2N5O3. The van der Waals surface area contributed by atoms with E-state index in [9.17, 15) is 18.7 Å². The van der Waals surface area contributed by atoms with Crippen LogP contribution in [0.2, 0.25) is 5.02 Å². The molecule has 1 unspecified atom stereocenters. The maximum absolute atomic E-state index is 14.2. The number of benzene rings is 2. The average molecular weight is 476 g/mol. The van der Waals surface area contributed by atoms with Crippen molar-refractivity contribution in [1.82, 2.24) is 9.97 Å². The van der Waals surface area contributed by atoms with Gasteiger partial charge in [-0.1, -0.05) is 17.7 Å². The Labute approximate surface area is 193 Å². The van der Waals surface area contributed by atoms with E-state index >= 15 is 0 Å². The molecule has 1 aromatic heterocycles. The number of carbonyl (C=O) groups excluding carboxylic acids is 1. The van der Waals surface area contributed by atoms with Gasteiger partial charge in [0.1, 0.15) is 23.4 Å². The maximum Gasteiger partial charge on any atom is 0.261 e. The van der Waals surface area contributed by atoms with Crippen LogP contribution in [-0.2, 0) is 4.74 Å². The van der Waals surface area contributed by atoms with E-state index in [-0.39, 0.29) is 34.3 Å². The molecule has 172 valence electrons. The fraction of sp³-hybridized carbons (Fsp3) is 0.227. The van der Waals surface area contributed by atoms with Crippen LogP contribution < -0.4 is 15.5 Å². The van der Waals surface area contributed by atoms with Crippen molar-refractivity contribution in [2.45, 2.75) is 19.1 Å². The first-order valence-corrected chi connectivity index (χ1v) is 10.4. The Bertz CT molecular complexity index is 1170. The lowest BCUT2D eigenvalue weighted by atomic mass is 10.2. The van der Waals surface area contributed by atoms with Gasteiger partial charge in [0, 0.05) is 31.6 Å². The van der Waals surface area contributed by atoms with Gasteiger partial charge in [-0.15, -0.1) is 0 Å². The summed E-state index contributed by atoms with van der Waals surface area (Å²) in [6, 6.07) is 7.80. The van der Waals surface area contributed by atoms with E-state index < -0.39 is 23.3 Å². The number of anilines is 4. The molecule has 1 fully saturated rings. The molecule has 1 amide bonds. The fourth-order valence-electron chi connectivity index (χ4n) is 3.38. The summed E-state index contributed by atoms with van der Waals surface area (Å²) in [6.45, 7) is 0.574. The Morgan fingerprint density at radius 3 is 2.79 bits per heavy atom. The molecule has 3 N–H and O–H groups in total. The molecule has 0 spiro atoms. The molecule has 11 heteroatoms. The lowest BCUT2D eigenvalue weighted by Crippen LogP contribution is -2.33. The van der Waals surface area contributed by atoms with Crippen LogP contribution in [0.5, 0.6) is 5.75 Å². The molecule has 1 saturated heterocycles. The Kier molecular flexibility index (Phi) is 6.57. The number of nitrogens with zero attached hydrogens (tertiary/aromatic N) is 3. The molecule has 0 aliphatic carbocycles. The van der Waals surface area contributed by atoms with Gasteiger partial charge in [0.05, 0.1) is 10.7 Å². The van der Waals surface area contributed by atoms with E-state index in [2.05, 4.69) is 20.6 Å². The number of aromatic hydroxyl groups is 1. The maximum atomic E-state index is 14.2. The molecule has 0 bridgehead atoms. The number of carbonyl (C=O) groups is 1. The summed E-state index contributed by atoms with van der Waals surface area (Å²) in [5, 5.41) is 14.7. The number of rotatable bonds is 6. The predicted molar refractivity (Wildman–Crippen MR) is 120 cm³/mol. The van der Waals surface area contributed by atoms with Crippen LogP contribution in [0.1, 0.15) is 23.2 Å². The zero-order chi connectivity index (χ0) is 23.5. The van der Waals surface area contributed by atoms with Crippen LogP contribution in [0.15, 0.2) is 42.6 Å². The van der Waals surface area contributed by atoms with E-state index in [0.717, 1.165) is 18.9 Å². The molecule has 2 aromatic carbocycles. The number of para-hydroxylation sites is 1. The highest BCUT2D eigenvalue weighted by atomic mass is 35.5. The van der Waals surface area contributed by atoms with Gasteiger partial charge in [-0.3, -0.25) is 4.79 Å². The number of aromatic nitrogens is 2. The van der Waals surface area contributed by atoms with Crippen LogP contribution in [0.3, 0.4) is 0 Å². The van der Waals surface area contributed by atoms with Crippen LogP contribution in [0.25, 0.3) is 0 Å². The zero-order valence-corrected chi connectivity index (χ0v) is 18.2. The largest absolute Gasteiger partial charge is 0.505 e. The van der Waals surface area contributed by atoms with Gasteiger partial charge in [0.25, 0.3) is 5.91 Å². The molecular weight excluding hydrogens is 456 g/mol. The van der Waals surface area contributed by atoms with Gasteiger partial charge in [-0.05, 0) is 37.1 Å². The SMILES string of the molecule is CN(c1nc(Nc2ccc(O)c(F)c2)ncc1C(=O)Nc1c(F)cccc1Cl)C1CCCO1. The number of amides is 1. The topological polar surface area (TPSA) is 99.6 Å². The molecule has 8 nitrogen and oxygen atoms in total. The summed E-state index contributed by atoms with van der Waals surface area (Å²) in [7, 11) is 1.72. The Hall–Kier alpha value is -3.50. The monoisotopic (exact) mass is 475 g/mol. The summed E-state index contributed by atoms with van der Waals surface area (Å²) in [5.41, 5.74) is 0.206. The minimum absolute atomic E-state index is 0.0472. The number of phenolic OH excluding ortho intramolecular Hbond substituents is 1. The van der Waals surface area contributed by atoms with Crippen molar-refractivity contribution in [3.63, 3.8) is 0 Å². The lowest BCUT2D eigenvalue weighted by molar-refractivity contribution is 0.102. The van der Waals surface area contributed by atoms with E-state index in [0.29, 0.717) is 12.3 Å². The number of nitrogens with one attached hydrogen (secondary N) is 2. The summed E-state index contributed by atoms with van der Waals surface area (Å²) < 4.78 is 33.6. The normalized spacial score (nSPS) is 15.3. The second kappa shape index (κ2) is 9.55. The minimum Gasteiger partial charge on any atom is -0.505 e. The molecule has 0 radical (unpaired) electrons. The highest BCUT2D eigenvalue weighted by Crippen LogP contribution is 2.29. The number of hydrogen-bond acceptors (Lipinski definition) is 7. The first kappa shape index (κ1) is 22.7. The second-order valence-corrected chi connectivity index (χ2v) is 7.76. The third-order valence-electron chi connectivity index (χ3n) is 5.09. The molecule has 0 saturated carbocycles. The van der Waals surface area contributed by atoms with Gasteiger partial charge in [0.2, 0.25) is 5.95 Å². The van der Waals surface area contributed by atoms with Gasteiger partial charge in [0.15, 0.2) is 11.6 Å². The van der Waals surface area contributed by atoms with Crippen LogP contribution >= 0.6 is 11.6 Å². The first-order chi connectivity index (χ1) is 15.8. The van der Waals surface area contributed by atoms with Crippen molar-refractivity contribution in [2.75, 3.05) is 29.2 Å². The van der Waals surface area contributed by atoms with Crippen LogP contribution in [-0.4, -0.2) is 40.9 Å². The predicted octanol–water partition coefficient (Wildman–Crippen LogP) is 4.68. The molecule has 1 atom stereocenters. The highest BCUT2D eigenvalue weighted by molar-refractivity contribution is 6.34. The third kappa shape index (κ3) is 4.96. The van der Waals surface area contributed by atoms with Crippen molar-refractivity contribution < 1.29 is 23.4 Å². The standard InChI is InChI=1S/C22H20ClF2N5O3/c1-30(18-6-3-9-33-18)20-13(21(32)28-19-14(23)4-2-5-15(19)24)11-26-22(29-20)27-12-7-8-17(31)16(25)10-12/h2,4-5,7-8,10-11,18,31H,3,6,9H2,1H3,(H,28,32)(H,26,27,29). The molecule has 4 rings (SSSR count). The molecule has 2 heterocycles. The van der Waals surface area contributed by atoms with E-state index in [1.807, 2.05) is 0 Å². The summed E-state index contributed by atoms with van der Waals surface area (Å²) in [5.74, 6) is -2.33. The van der Waals surface area contributed by atoms with Gasteiger partial charge < -0.3 is 25.4 Å². The summed E-state index contributed by atoms with van der Waals surface area (Å²) in [4.78, 5) is 23.3. The third-order valence-corrected chi connectivity index (χ3v) is 5.41. The van der Waals surface area contributed by atoms with Crippen molar-refractivity contribution in [3.8, 4) is 5.75 Å². The Morgan fingerprint density at radius 1 is 1.27 bits per heavy atom. The van der Waals surface area contributed by atoms with Crippen molar-refractivity contribution in [2.24, 2.45) is 0 Å². The molecule has 1 aliphatic rings.